The number of pyridine rings is 1. The van der Waals surface area contributed by atoms with E-state index >= 15 is 0 Å². The average Bonchev–Trinajstić information content (AvgIpc) is 3.19. The van der Waals surface area contributed by atoms with E-state index in [1.165, 1.54) is 0 Å². The number of rotatable bonds is 5. The van der Waals surface area contributed by atoms with Crippen LogP contribution in [0, 0.1) is 0 Å². The summed E-state index contributed by atoms with van der Waals surface area (Å²) in [6, 6.07) is 14.9. The maximum atomic E-state index is 14.5. The van der Waals surface area contributed by atoms with Crippen LogP contribution in [0.2, 0.25) is 0 Å². The molecule has 7 nitrogen and oxygen atoms in total. The van der Waals surface area contributed by atoms with Gasteiger partial charge in [0.15, 0.2) is 0 Å². The first-order valence-electron chi connectivity index (χ1n) is 11.2. The Bertz CT molecular complexity index is 1240. The zero-order valence-electron chi connectivity index (χ0n) is 18.4. The summed E-state index contributed by atoms with van der Waals surface area (Å²) in [6.07, 6.45) is 4.93. The molecule has 33 heavy (non-hydrogen) atoms. The Kier molecular flexibility index (Phi) is 5.92. The molecule has 0 spiro atoms. The van der Waals surface area contributed by atoms with Gasteiger partial charge >= 0.3 is 0 Å². The molecule has 5 rings (SSSR count). The summed E-state index contributed by atoms with van der Waals surface area (Å²) in [5.74, 6) is 0.376. The van der Waals surface area contributed by atoms with Crippen LogP contribution < -0.4 is 10.1 Å². The highest BCUT2D eigenvalue weighted by Crippen LogP contribution is 2.34. The van der Waals surface area contributed by atoms with Crippen molar-refractivity contribution in [1.82, 2.24) is 25.1 Å². The zero-order valence-corrected chi connectivity index (χ0v) is 18.4. The number of benzene rings is 1. The number of phenolic OH excluding ortho intramolecular Hbond substituents is 1. The predicted molar refractivity (Wildman–Crippen MR) is 124 cm³/mol. The van der Waals surface area contributed by atoms with E-state index in [2.05, 4.69) is 20.6 Å². The standard InChI is InChI=1S/C25H26FN5O2/c1-27-17-5-4-6-20(26)24(14-17)33-25-11-10-21(29-30-25)18-9-8-16(13-23(18)32)19-15-28-31-12-3-2-7-22(19)31/h2-3,7-13,15,17,20,24,27,32H,4-6,14H2,1H3/t17?,20?,24-/m0/s1. The Morgan fingerprint density at radius 1 is 1.09 bits per heavy atom. The van der Waals surface area contributed by atoms with E-state index in [9.17, 15) is 9.50 Å². The van der Waals surface area contributed by atoms with Gasteiger partial charge in [0.1, 0.15) is 18.0 Å². The van der Waals surface area contributed by atoms with Gasteiger partial charge in [-0.2, -0.15) is 5.10 Å². The quantitative estimate of drug-likeness (QED) is 0.441. The molecular weight excluding hydrogens is 421 g/mol. The van der Waals surface area contributed by atoms with Crippen LogP contribution in [0.1, 0.15) is 25.7 Å². The zero-order chi connectivity index (χ0) is 22.8. The molecule has 3 aromatic heterocycles. The van der Waals surface area contributed by atoms with Gasteiger partial charge in [-0.05, 0) is 62.2 Å². The monoisotopic (exact) mass is 447 g/mol. The molecule has 0 amide bonds. The van der Waals surface area contributed by atoms with Crippen LogP contribution in [0.5, 0.6) is 11.6 Å². The summed E-state index contributed by atoms with van der Waals surface area (Å²) < 4.78 is 22.2. The summed E-state index contributed by atoms with van der Waals surface area (Å²) >= 11 is 0. The fourth-order valence-corrected chi connectivity index (χ4v) is 4.43. The van der Waals surface area contributed by atoms with E-state index in [1.807, 2.05) is 43.6 Å². The number of phenols is 1. The number of hydrogen-bond donors (Lipinski definition) is 2. The number of aromatic hydroxyl groups is 1. The normalized spacial score (nSPS) is 21.1. The molecule has 1 saturated carbocycles. The first-order valence-corrected chi connectivity index (χ1v) is 11.2. The van der Waals surface area contributed by atoms with Crippen LogP contribution in [0.15, 0.2) is 60.9 Å². The van der Waals surface area contributed by atoms with E-state index in [-0.39, 0.29) is 17.7 Å². The van der Waals surface area contributed by atoms with E-state index in [4.69, 9.17) is 4.74 Å². The van der Waals surface area contributed by atoms with Gasteiger partial charge in [-0.25, -0.2) is 8.91 Å². The summed E-state index contributed by atoms with van der Waals surface area (Å²) in [7, 11) is 1.89. The molecule has 0 saturated heterocycles. The van der Waals surface area contributed by atoms with Crippen molar-refractivity contribution in [2.24, 2.45) is 0 Å². The number of hydrogen-bond acceptors (Lipinski definition) is 6. The molecule has 2 unspecified atom stereocenters. The molecule has 1 aliphatic rings. The lowest BCUT2D eigenvalue weighted by molar-refractivity contribution is 0.0837. The number of halogens is 1. The van der Waals surface area contributed by atoms with Crippen molar-refractivity contribution in [3.8, 4) is 34.0 Å². The van der Waals surface area contributed by atoms with Gasteiger partial charge in [-0.3, -0.25) is 0 Å². The Balaban J connectivity index is 1.35. The number of alkyl halides is 1. The number of aromatic nitrogens is 4. The molecule has 8 heteroatoms. The van der Waals surface area contributed by atoms with E-state index in [0.29, 0.717) is 24.1 Å². The lowest BCUT2D eigenvalue weighted by Crippen LogP contribution is -2.35. The highest BCUT2D eigenvalue weighted by Gasteiger charge is 2.29. The van der Waals surface area contributed by atoms with E-state index in [1.54, 1.807) is 28.9 Å². The molecule has 2 N–H and O–H groups in total. The SMILES string of the molecule is CNC1CCCC(F)[C@@H](Oc2ccc(-c3ccc(-c4cnn5ccccc45)cc3O)nn2)C1. The van der Waals surface area contributed by atoms with Gasteiger partial charge in [0.25, 0.3) is 0 Å². The molecule has 0 bridgehead atoms. The molecule has 3 heterocycles. The third-order valence-corrected chi connectivity index (χ3v) is 6.28. The number of nitrogens with one attached hydrogen (secondary N) is 1. The van der Waals surface area contributed by atoms with Gasteiger partial charge < -0.3 is 15.2 Å². The second-order valence-corrected chi connectivity index (χ2v) is 8.40. The second-order valence-electron chi connectivity index (χ2n) is 8.40. The van der Waals surface area contributed by atoms with Crippen molar-refractivity contribution < 1.29 is 14.2 Å². The number of ether oxygens (including phenoxy) is 1. The lowest BCUT2D eigenvalue weighted by Gasteiger charge is -2.22. The summed E-state index contributed by atoms with van der Waals surface area (Å²) in [5.41, 5.74) is 3.80. The largest absolute Gasteiger partial charge is 0.507 e. The molecule has 3 atom stereocenters. The van der Waals surface area contributed by atoms with Crippen molar-refractivity contribution in [1.29, 1.82) is 0 Å². The second kappa shape index (κ2) is 9.15. The van der Waals surface area contributed by atoms with Crippen molar-refractivity contribution in [2.75, 3.05) is 7.05 Å². The fraction of sp³-hybridized carbons (Fsp3) is 0.320. The fourth-order valence-electron chi connectivity index (χ4n) is 4.43. The van der Waals surface area contributed by atoms with E-state index in [0.717, 1.165) is 29.5 Å². The molecule has 4 aromatic rings. The predicted octanol–water partition coefficient (Wildman–Crippen LogP) is 4.41. The van der Waals surface area contributed by atoms with E-state index < -0.39 is 12.3 Å². The van der Waals surface area contributed by atoms with Crippen LogP contribution in [-0.4, -0.2) is 50.3 Å². The van der Waals surface area contributed by atoms with Gasteiger partial charge in [-0.1, -0.05) is 12.1 Å². The Morgan fingerprint density at radius 3 is 2.79 bits per heavy atom. The Hall–Kier alpha value is -3.52. The highest BCUT2D eigenvalue weighted by molar-refractivity contribution is 5.82. The number of nitrogens with zero attached hydrogens (tertiary/aromatic N) is 4. The minimum Gasteiger partial charge on any atom is -0.507 e. The summed E-state index contributed by atoms with van der Waals surface area (Å²) in [5, 5.41) is 26.6. The molecule has 1 fully saturated rings. The topological polar surface area (TPSA) is 84.6 Å². The number of fused-ring (bicyclic) bond motifs is 1. The molecule has 0 aliphatic heterocycles. The van der Waals surface area contributed by atoms with Gasteiger partial charge in [0.05, 0.1) is 17.4 Å². The molecule has 0 radical (unpaired) electrons. The Morgan fingerprint density at radius 2 is 2.00 bits per heavy atom. The highest BCUT2D eigenvalue weighted by atomic mass is 19.1. The van der Waals surface area contributed by atoms with Crippen LogP contribution in [0.25, 0.3) is 27.9 Å². The summed E-state index contributed by atoms with van der Waals surface area (Å²) in [4.78, 5) is 0. The average molecular weight is 448 g/mol. The summed E-state index contributed by atoms with van der Waals surface area (Å²) in [6.45, 7) is 0. The van der Waals surface area contributed by atoms with Crippen LogP contribution in [0.3, 0.4) is 0 Å². The van der Waals surface area contributed by atoms with Crippen molar-refractivity contribution in [3.63, 3.8) is 0 Å². The van der Waals surface area contributed by atoms with Gasteiger partial charge in [-0.15, -0.1) is 10.2 Å². The molecule has 170 valence electrons. The minimum absolute atomic E-state index is 0.0928. The molecular formula is C25H26FN5O2. The third kappa shape index (κ3) is 4.39. The molecule has 1 aromatic carbocycles. The van der Waals surface area contributed by atoms with Gasteiger partial charge in [0, 0.05) is 35.9 Å². The maximum absolute atomic E-state index is 14.5. The minimum atomic E-state index is -1.03. The third-order valence-electron chi connectivity index (χ3n) is 6.28. The maximum Gasteiger partial charge on any atom is 0.233 e. The van der Waals surface area contributed by atoms with Crippen LogP contribution in [0.4, 0.5) is 4.39 Å². The first kappa shape index (κ1) is 21.3. The first-order chi connectivity index (χ1) is 16.1. The van der Waals surface area contributed by atoms with Crippen molar-refractivity contribution in [2.45, 2.75) is 44.0 Å². The van der Waals surface area contributed by atoms with Crippen LogP contribution in [-0.2, 0) is 0 Å². The lowest BCUT2D eigenvalue weighted by atomic mass is 10.0. The van der Waals surface area contributed by atoms with Crippen molar-refractivity contribution in [3.05, 3.63) is 60.9 Å². The van der Waals surface area contributed by atoms with Gasteiger partial charge in [0.2, 0.25) is 5.88 Å². The smallest absolute Gasteiger partial charge is 0.233 e. The van der Waals surface area contributed by atoms with Crippen molar-refractivity contribution >= 4 is 5.52 Å². The Labute approximate surface area is 191 Å². The van der Waals surface area contributed by atoms with Crippen LogP contribution >= 0.6 is 0 Å². The molecule has 1 aliphatic carbocycles.